The van der Waals surface area contributed by atoms with E-state index in [1.165, 1.54) is 12.1 Å². The minimum absolute atomic E-state index is 0.0270. The molecule has 0 spiro atoms. The molecule has 1 fully saturated rings. The lowest BCUT2D eigenvalue weighted by Crippen LogP contribution is -2.36. The first-order chi connectivity index (χ1) is 10.6. The standard InChI is InChI=1S/C14H13ClN4O3/c15-12-9-13(18-5-7-22-8-6-18)17-14(16-12)10-1-3-11(4-2-10)19(20)21/h1-4,9H,5-8H2. The molecule has 2 aromatic rings. The van der Waals surface area contributed by atoms with Crippen LogP contribution in [0.15, 0.2) is 30.3 Å². The monoisotopic (exact) mass is 320 g/mol. The summed E-state index contributed by atoms with van der Waals surface area (Å²) in [5.41, 5.74) is 0.710. The van der Waals surface area contributed by atoms with E-state index >= 15 is 0 Å². The Labute approximate surface area is 131 Å². The third-order valence-corrected chi connectivity index (χ3v) is 3.55. The van der Waals surface area contributed by atoms with Gasteiger partial charge in [0.05, 0.1) is 18.1 Å². The molecule has 0 amide bonds. The zero-order valence-corrected chi connectivity index (χ0v) is 12.4. The van der Waals surface area contributed by atoms with Crippen molar-refractivity contribution in [3.05, 3.63) is 45.6 Å². The van der Waals surface area contributed by atoms with Gasteiger partial charge in [0, 0.05) is 36.9 Å². The zero-order valence-electron chi connectivity index (χ0n) is 11.6. The van der Waals surface area contributed by atoms with E-state index in [9.17, 15) is 10.1 Å². The Morgan fingerprint density at radius 2 is 1.86 bits per heavy atom. The van der Waals surface area contributed by atoms with Crippen LogP contribution in [0.4, 0.5) is 11.5 Å². The van der Waals surface area contributed by atoms with Crippen molar-refractivity contribution in [3.63, 3.8) is 0 Å². The smallest absolute Gasteiger partial charge is 0.269 e. The molecule has 1 aliphatic heterocycles. The van der Waals surface area contributed by atoms with Crippen LogP contribution in [0.25, 0.3) is 11.4 Å². The van der Waals surface area contributed by atoms with Gasteiger partial charge in [0.1, 0.15) is 11.0 Å². The Hall–Kier alpha value is -2.25. The molecule has 0 bridgehead atoms. The van der Waals surface area contributed by atoms with Crippen LogP contribution >= 0.6 is 11.6 Å². The molecule has 114 valence electrons. The Morgan fingerprint density at radius 1 is 1.18 bits per heavy atom. The van der Waals surface area contributed by atoms with Crippen LogP contribution in [0.1, 0.15) is 0 Å². The maximum Gasteiger partial charge on any atom is 0.269 e. The van der Waals surface area contributed by atoms with Crippen LogP contribution in [0.3, 0.4) is 0 Å². The summed E-state index contributed by atoms with van der Waals surface area (Å²) in [6, 6.07) is 7.80. The Kier molecular flexibility index (Phi) is 4.17. The van der Waals surface area contributed by atoms with Crippen LogP contribution in [0.5, 0.6) is 0 Å². The Morgan fingerprint density at radius 3 is 2.50 bits per heavy atom. The number of hydrogen-bond acceptors (Lipinski definition) is 6. The third kappa shape index (κ3) is 3.15. The van der Waals surface area contributed by atoms with Crippen molar-refractivity contribution < 1.29 is 9.66 Å². The molecule has 0 aliphatic carbocycles. The molecule has 1 aromatic heterocycles. The predicted octanol–water partition coefficient (Wildman–Crippen LogP) is 2.54. The molecule has 1 aliphatic rings. The number of rotatable bonds is 3. The Bertz CT molecular complexity index is 687. The minimum atomic E-state index is -0.443. The number of nitro benzene ring substituents is 1. The van der Waals surface area contributed by atoms with Crippen LogP contribution in [0, 0.1) is 10.1 Å². The maximum atomic E-state index is 10.7. The number of aromatic nitrogens is 2. The fourth-order valence-corrected chi connectivity index (χ4v) is 2.40. The molecule has 0 saturated carbocycles. The minimum Gasteiger partial charge on any atom is -0.378 e. The highest BCUT2D eigenvalue weighted by molar-refractivity contribution is 6.29. The number of nitrogens with zero attached hydrogens (tertiary/aromatic N) is 4. The van der Waals surface area contributed by atoms with Gasteiger partial charge < -0.3 is 9.64 Å². The number of hydrogen-bond donors (Lipinski definition) is 0. The summed E-state index contributed by atoms with van der Waals surface area (Å²) in [4.78, 5) is 21.0. The van der Waals surface area contributed by atoms with Gasteiger partial charge in [0.15, 0.2) is 5.82 Å². The van der Waals surface area contributed by atoms with Crippen molar-refractivity contribution in [2.45, 2.75) is 0 Å². The van der Waals surface area contributed by atoms with E-state index in [1.54, 1.807) is 18.2 Å². The first-order valence-corrected chi connectivity index (χ1v) is 7.13. The summed E-state index contributed by atoms with van der Waals surface area (Å²) in [5.74, 6) is 1.18. The number of nitro groups is 1. The van der Waals surface area contributed by atoms with E-state index < -0.39 is 4.92 Å². The molecule has 1 saturated heterocycles. The maximum absolute atomic E-state index is 10.7. The average molecular weight is 321 g/mol. The first-order valence-electron chi connectivity index (χ1n) is 6.75. The van der Waals surface area contributed by atoms with E-state index in [4.69, 9.17) is 16.3 Å². The van der Waals surface area contributed by atoms with Gasteiger partial charge in [-0.05, 0) is 12.1 Å². The summed E-state index contributed by atoms with van der Waals surface area (Å²) >= 11 is 6.08. The van der Waals surface area contributed by atoms with Gasteiger partial charge in [-0.2, -0.15) is 0 Å². The lowest BCUT2D eigenvalue weighted by atomic mass is 10.2. The number of anilines is 1. The van der Waals surface area contributed by atoms with Crippen molar-refractivity contribution in [3.8, 4) is 11.4 Å². The fourth-order valence-electron chi connectivity index (χ4n) is 2.22. The van der Waals surface area contributed by atoms with E-state index in [0.29, 0.717) is 29.8 Å². The van der Waals surface area contributed by atoms with Crippen molar-refractivity contribution >= 4 is 23.1 Å². The highest BCUT2D eigenvalue weighted by Crippen LogP contribution is 2.24. The number of ether oxygens (including phenoxy) is 1. The van der Waals surface area contributed by atoms with Gasteiger partial charge >= 0.3 is 0 Å². The van der Waals surface area contributed by atoms with Gasteiger partial charge in [-0.15, -0.1) is 0 Å². The SMILES string of the molecule is O=[N+]([O-])c1ccc(-c2nc(Cl)cc(N3CCOCC3)n2)cc1. The summed E-state index contributed by atoms with van der Waals surface area (Å²) in [5, 5.41) is 11.0. The molecule has 0 atom stereocenters. The lowest BCUT2D eigenvalue weighted by molar-refractivity contribution is -0.384. The number of benzene rings is 1. The van der Waals surface area contributed by atoms with E-state index in [0.717, 1.165) is 18.9 Å². The van der Waals surface area contributed by atoms with Gasteiger partial charge in [-0.25, -0.2) is 9.97 Å². The average Bonchev–Trinajstić information content (AvgIpc) is 2.55. The van der Waals surface area contributed by atoms with Gasteiger partial charge in [-0.3, -0.25) is 10.1 Å². The molecule has 2 heterocycles. The molecule has 7 nitrogen and oxygen atoms in total. The van der Waals surface area contributed by atoms with E-state index in [1.807, 2.05) is 0 Å². The number of halogens is 1. The molecule has 22 heavy (non-hydrogen) atoms. The van der Waals surface area contributed by atoms with Crippen LogP contribution < -0.4 is 4.90 Å². The van der Waals surface area contributed by atoms with Crippen LogP contribution in [0.2, 0.25) is 5.15 Å². The first kappa shape index (κ1) is 14.7. The van der Waals surface area contributed by atoms with Crippen molar-refractivity contribution in [2.24, 2.45) is 0 Å². The molecule has 8 heteroatoms. The summed E-state index contributed by atoms with van der Waals surface area (Å²) < 4.78 is 5.32. The number of morpholine rings is 1. The summed E-state index contributed by atoms with van der Waals surface area (Å²) in [7, 11) is 0. The quantitative estimate of drug-likeness (QED) is 0.491. The normalized spacial score (nSPS) is 14.9. The lowest BCUT2D eigenvalue weighted by Gasteiger charge is -2.28. The molecule has 3 rings (SSSR count). The predicted molar refractivity (Wildman–Crippen MR) is 82.2 cm³/mol. The summed E-state index contributed by atoms with van der Waals surface area (Å²) in [6.07, 6.45) is 0. The summed E-state index contributed by atoms with van der Waals surface area (Å²) in [6.45, 7) is 2.78. The van der Waals surface area contributed by atoms with Crippen molar-refractivity contribution in [2.75, 3.05) is 31.2 Å². The highest BCUT2D eigenvalue weighted by atomic mass is 35.5. The van der Waals surface area contributed by atoms with Crippen molar-refractivity contribution in [1.29, 1.82) is 0 Å². The van der Waals surface area contributed by atoms with Crippen molar-refractivity contribution in [1.82, 2.24) is 9.97 Å². The van der Waals surface area contributed by atoms with Gasteiger partial charge in [0.2, 0.25) is 0 Å². The molecule has 0 unspecified atom stereocenters. The highest BCUT2D eigenvalue weighted by Gasteiger charge is 2.15. The molecular weight excluding hydrogens is 308 g/mol. The third-order valence-electron chi connectivity index (χ3n) is 3.35. The second-order valence-corrected chi connectivity index (χ2v) is 5.16. The molecule has 0 radical (unpaired) electrons. The van der Waals surface area contributed by atoms with Gasteiger partial charge in [0.25, 0.3) is 5.69 Å². The second kappa shape index (κ2) is 6.25. The van der Waals surface area contributed by atoms with Crippen LogP contribution in [-0.2, 0) is 4.74 Å². The van der Waals surface area contributed by atoms with E-state index in [-0.39, 0.29) is 5.69 Å². The molecular formula is C14H13ClN4O3. The molecule has 1 aromatic carbocycles. The number of non-ortho nitro benzene ring substituents is 1. The largest absolute Gasteiger partial charge is 0.378 e. The van der Waals surface area contributed by atoms with E-state index in [2.05, 4.69) is 14.9 Å². The zero-order chi connectivity index (χ0) is 15.5. The Balaban J connectivity index is 1.92. The fraction of sp³-hybridized carbons (Fsp3) is 0.286. The van der Waals surface area contributed by atoms with Crippen LogP contribution in [-0.4, -0.2) is 41.2 Å². The van der Waals surface area contributed by atoms with Gasteiger partial charge in [-0.1, -0.05) is 11.6 Å². The topological polar surface area (TPSA) is 81.4 Å². The second-order valence-electron chi connectivity index (χ2n) is 4.78. The molecule has 0 N–H and O–H groups in total.